The average molecular weight is 175 g/mol. The van der Waals surface area contributed by atoms with E-state index in [0.29, 0.717) is 0 Å². The predicted molar refractivity (Wildman–Crippen MR) is 45.7 cm³/mol. The van der Waals surface area contributed by atoms with Crippen LogP contribution in [0.4, 0.5) is 0 Å². The van der Waals surface area contributed by atoms with E-state index in [0.717, 1.165) is 26.4 Å². The average Bonchev–Trinajstić information content (AvgIpc) is 2.10. The Balaban J connectivity index is 0. The number of rotatable bonds is 0. The number of hydrogen-bond acceptors (Lipinski definition) is 4. The maximum atomic E-state index is 7.57. The summed E-state index contributed by atoms with van der Waals surface area (Å²) in [7, 11) is 0. The molecule has 0 aromatic carbocycles. The first kappa shape index (κ1) is 13.9. The van der Waals surface area contributed by atoms with Gasteiger partial charge in [-0.2, -0.15) is 5.26 Å². The second-order valence-electron chi connectivity index (χ2n) is 1.76. The van der Waals surface area contributed by atoms with Crippen molar-refractivity contribution >= 4 is 0 Å². The molecular weight excluding hydrogens is 158 g/mol. The van der Waals surface area contributed by atoms with Crippen molar-refractivity contribution in [3.05, 3.63) is 0 Å². The van der Waals surface area contributed by atoms with Crippen molar-refractivity contribution in [2.24, 2.45) is 0 Å². The molecule has 1 fully saturated rings. The molecule has 4 nitrogen and oxygen atoms in total. The van der Waals surface area contributed by atoms with Gasteiger partial charge in [-0.15, -0.1) is 0 Å². The summed E-state index contributed by atoms with van der Waals surface area (Å²) in [5, 5.41) is 14.9. The standard InChI is InChI=1S/C4H8O2.C2H3N.C2H6O/c1-2-6-4-3-5-1;2*1-2-3/h1-4H2;1H3;3H,2H2,1H3. The topological polar surface area (TPSA) is 62.5 Å². The fourth-order valence-electron chi connectivity index (χ4n) is 0.440. The molecule has 0 aromatic heterocycles. The van der Waals surface area contributed by atoms with Gasteiger partial charge in [-0.3, -0.25) is 0 Å². The van der Waals surface area contributed by atoms with Crippen molar-refractivity contribution in [3.8, 4) is 6.07 Å². The molecule has 72 valence electrons. The SMILES string of the molecule is C1COCCO1.CC#N.CCO. The highest BCUT2D eigenvalue weighted by Crippen LogP contribution is 1.85. The van der Waals surface area contributed by atoms with Crippen molar-refractivity contribution in [2.75, 3.05) is 33.0 Å². The Labute approximate surface area is 73.7 Å². The summed E-state index contributed by atoms with van der Waals surface area (Å²) in [5.74, 6) is 0. The fraction of sp³-hybridized carbons (Fsp3) is 0.875. The van der Waals surface area contributed by atoms with Gasteiger partial charge in [0.15, 0.2) is 0 Å². The van der Waals surface area contributed by atoms with Gasteiger partial charge < -0.3 is 14.6 Å². The molecule has 4 heteroatoms. The minimum atomic E-state index is 0.250. The quantitative estimate of drug-likeness (QED) is 0.584. The largest absolute Gasteiger partial charge is 0.397 e. The highest BCUT2D eigenvalue weighted by Gasteiger charge is 1.94. The van der Waals surface area contributed by atoms with Crippen molar-refractivity contribution in [1.82, 2.24) is 0 Å². The van der Waals surface area contributed by atoms with Gasteiger partial charge in [-0.25, -0.2) is 0 Å². The van der Waals surface area contributed by atoms with Gasteiger partial charge in [0, 0.05) is 13.5 Å². The Morgan fingerprint density at radius 2 is 1.42 bits per heavy atom. The first-order chi connectivity index (χ1) is 5.83. The van der Waals surface area contributed by atoms with E-state index in [1.54, 1.807) is 13.0 Å². The molecule has 0 radical (unpaired) electrons. The third-order valence-electron chi connectivity index (χ3n) is 0.744. The molecule has 0 unspecified atom stereocenters. The number of aliphatic hydroxyl groups excluding tert-OH is 1. The van der Waals surface area contributed by atoms with Crippen molar-refractivity contribution in [2.45, 2.75) is 13.8 Å². The lowest BCUT2D eigenvalue weighted by Gasteiger charge is -2.09. The van der Waals surface area contributed by atoms with Gasteiger partial charge in [0.25, 0.3) is 0 Å². The van der Waals surface area contributed by atoms with Crippen LogP contribution in [0.1, 0.15) is 13.8 Å². The van der Waals surface area contributed by atoms with Gasteiger partial charge in [-0.1, -0.05) is 0 Å². The molecule has 0 aliphatic carbocycles. The van der Waals surface area contributed by atoms with Crippen LogP contribution in [0.25, 0.3) is 0 Å². The minimum Gasteiger partial charge on any atom is -0.397 e. The summed E-state index contributed by atoms with van der Waals surface area (Å²) in [4.78, 5) is 0. The molecule has 1 N–H and O–H groups in total. The van der Waals surface area contributed by atoms with Gasteiger partial charge >= 0.3 is 0 Å². The maximum Gasteiger partial charge on any atom is 0.0701 e. The minimum absolute atomic E-state index is 0.250. The summed E-state index contributed by atoms with van der Waals surface area (Å²) < 4.78 is 9.89. The Hall–Kier alpha value is -0.630. The third-order valence-corrected chi connectivity index (χ3v) is 0.744. The summed E-state index contributed by atoms with van der Waals surface area (Å²) in [6, 6.07) is 1.75. The van der Waals surface area contributed by atoms with Crippen LogP contribution >= 0.6 is 0 Å². The Kier molecular flexibility index (Phi) is 19.5. The molecule has 0 spiro atoms. The molecule has 0 aromatic rings. The molecule has 1 saturated heterocycles. The molecular formula is C8H17NO3. The van der Waals surface area contributed by atoms with E-state index >= 15 is 0 Å². The van der Waals surface area contributed by atoms with Gasteiger partial charge in [0.1, 0.15) is 0 Å². The van der Waals surface area contributed by atoms with Crippen LogP contribution in [0.2, 0.25) is 0 Å². The van der Waals surface area contributed by atoms with Gasteiger partial charge in [0.2, 0.25) is 0 Å². The highest BCUT2D eigenvalue weighted by atomic mass is 16.6. The summed E-state index contributed by atoms with van der Waals surface area (Å²) in [5.41, 5.74) is 0. The van der Waals surface area contributed by atoms with Crippen molar-refractivity contribution in [3.63, 3.8) is 0 Å². The zero-order valence-corrected chi connectivity index (χ0v) is 7.75. The first-order valence-corrected chi connectivity index (χ1v) is 3.90. The van der Waals surface area contributed by atoms with Crippen molar-refractivity contribution < 1.29 is 14.6 Å². The Morgan fingerprint density at radius 1 is 1.25 bits per heavy atom. The predicted octanol–water partition coefficient (Wildman–Crippen LogP) is 0.562. The molecule has 1 aliphatic rings. The fourth-order valence-corrected chi connectivity index (χ4v) is 0.440. The molecule has 12 heavy (non-hydrogen) atoms. The Bertz CT molecular complexity index is 85.5. The summed E-state index contributed by atoms with van der Waals surface area (Å²) in [6.45, 7) is 6.47. The van der Waals surface area contributed by atoms with E-state index < -0.39 is 0 Å². The van der Waals surface area contributed by atoms with Crippen LogP contribution in [-0.4, -0.2) is 38.1 Å². The van der Waals surface area contributed by atoms with E-state index in [4.69, 9.17) is 19.8 Å². The number of nitrogens with zero attached hydrogens (tertiary/aromatic N) is 1. The van der Waals surface area contributed by atoms with Crippen molar-refractivity contribution in [1.29, 1.82) is 5.26 Å². The lowest BCUT2D eigenvalue weighted by Crippen LogP contribution is -2.16. The van der Waals surface area contributed by atoms with Crippen LogP contribution < -0.4 is 0 Å². The third kappa shape index (κ3) is 22.8. The highest BCUT2D eigenvalue weighted by molar-refractivity contribution is 4.51. The number of ether oxygens (including phenoxy) is 2. The van der Waals surface area contributed by atoms with Gasteiger partial charge in [0.05, 0.1) is 32.5 Å². The molecule has 0 atom stereocenters. The lowest BCUT2D eigenvalue weighted by atomic mass is 10.6. The van der Waals surface area contributed by atoms with E-state index in [1.807, 2.05) is 0 Å². The number of hydrogen-bond donors (Lipinski definition) is 1. The van der Waals surface area contributed by atoms with E-state index in [1.165, 1.54) is 6.92 Å². The zero-order chi connectivity index (χ0) is 9.66. The summed E-state index contributed by atoms with van der Waals surface area (Å²) in [6.07, 6.45) is 0. The smallest absolute Gasteiger partial charge is 0.0701 e. The second-order valence-corrected chi connectivity index (χ2v) is 1.76. The zero-order valence-electron chi connectivity index (χ0n) is 7.75. The molecule has 1 rings (SSSR count). The van der Waals surface area contributed by atoms with Crippen LogP contribution in [0.5, 0.6) is 0 Å². The summed E-state index contributed by atoms with van der Waals surface area (Å²) >= 11 is 0. The van der Waals surface area contributed by atoms with Crippen LogP contribution in [0.15, 0.2) is 0 Å². The normalized spacial score (nSPS) is 14.2. The van der Waals surface area contributed by atoms with Gasteiger partial charge in [-0.05, 0) is 6.92 Å². The molecule has 1 heterocycles. The van der Waals surface area contributed by atoms with Crippen LogP contribution in [0, 0.1) is 11.3 Å². The van der Waals surface area contributed by atoms with E-state index in [2.05, 4.69) is 0 Å². The Morgan fingerprint density at radius 3 is 1.50 bits per heavy atom. The number of nitriles is 1. The molecule has 0 bridgehead atoms. The first-order valence-electron chi connectivity index (χ1n) is 3.90. The molecule has 1 aliphatic heterocycles. The number of aliphatic hydroxyl groups is 1. The molecule has 0 saturated carbocycles. The van der Waals surface area contributed by atoms with E-state index in [9.17, 15) is 0 Å². The van der Waals surface area contributed by atoms with E-state index in [-0.39, 0.29) is 6.61 Å². The van der Waals surface area contributed by atoms with Crippen LogP contribution in [0.3, 0.4) is 0 Å². The maximum absolute atomic E-state index is 7.57. The molecule has 0 amide bonds. The lowest BCUT2D eigenvalue weighted by molar-refractivity contribution is -0.0334. The van der Waals surface area contributed by atoms with Crippen LogP contribution in [-0.2, 0) is 9.47 Å². The second kappa shape index (κ2) is 16.8. The monoisotopic (exact) mass is 175 g/mol.